The van der Waals surface area contributed by atoms with E-state index >= 15 is 0 Å². The number of nitrogen functional groups attached to an aromatic ring is 1. The topological polar surface area (TPSA) is 97.5 Å². The number of hydrogen-bond acceptors (Lipinski definition) is 6. The summed E-state index contributed by atoms with van der Waals surface area (Å²) in [5, 5.41) is 12.9. The number of anilines is 1. The summed E-state index contributed by atoms with van der Waals surface area (Å²) in [5.74, 6) is 1.10. The van der Waals surface area contributed by atoms with E-state index in [9.17, 15) is 0 Å². The number of nitrogens with zero attached hydrogens (tertiary/aromatic N) is 3. The molecule has 1 aromatic carbocycles. The van der Waals surface area contributed by atoms with Crippen molar-refractivity contribution in [1.82, 2.24) is 10.1 Å². The predicted molar refractivity (Wildman–Crippen MR) is 98.1 cm³/mol. The highest BCUT2D eigenvalue weighted by molar-refractivity contribution is 5.84. The molecular formula is C19H20N4O2. The lowest BCUT2D eigenvalue weighted by Gasteiger charge is -2.04. The van der Waals surface area contributed by atoms with Crippen molar-refractivity contribution < 1.29 is 9.63 Å². The van der Waals surface area contributed by atoms with E-state index in [1.165, 1.54) is 0 Å². The Morgan fingerprint density at radius 3 is 2.64 bits per heavy atom. The Hall–Kier alpha value is -2.99. The fourth-order valence-corrected chi connectivity index (χ4v) is 2.64. The molecule has 3 rings (SSSR count). The van der Waals surface area contributed by atoms with Crippen molar-refractivity contribution >= 4 is 17.7 Å². The van der Waals surface area contributed by atoms with Gasteiger partial charge in [0.05, 0.1) is 5.69 Å². The van der Waals surface area contributed by atoms with Crippen molar-refractivity contribution in [3.63, 3.8) is 0 Å². The molecule has 0 spiro atoms. The van der Waals surface area contributed by atoms with Crippen molar-refractivity contribution in [3.05, 3.63) is 59.1 Å². The van der Waals surface area contributed by atoms with E-state index in [1.807, 2.05) is 44.2 Å². The van der Waals surface area contributed by atoms with Crippen LogP contribution in [-0.2, 0) is 6.42 Å². The third-order valence-corrected chi connectivity index (χ3v) is 3.95. The second-order valence-corrected chi connectivity index (χ2v) is 5.80. The summed E-state index contributed by atoms with van der Waals surface area (Å²) >= 11 is 0. The predicted octanol–water partition coefficient (Wildman–Crippen LogP) is 3.22. The number of hydrogen-bond donors (Lipinski definition) is 2. The molecule has 0 aliphatic heterocycles. The number of aliphatic hydroxyl groups excluding tert-OH is 1. The molecule has 25 heavy (non-hydrogen) atoms. The normalized spacial score (nSPS) is 11.3. The number of aliphatic imine (C=N–C) groups is 1. The SMILES string of the molecule is Cc1noc(C)c1-c1cnc(N)c(/N=C/c2ccc(CCO)cc2)c1. The molecule has 6 nitrogen and oxygen atoms in total. The van der Waals surface area contributed by atoms with E-state index < -0.39 is 0 Å². The summed E-state index contributed by atoms with van der Waals surface area (Å²) in [6.07, 6.45) is 4.09. The van der Waals surface area contributed by atoms with Gasteiger partial charge in [0.25, 0.3) is 0 Å². The van der Waals surface area contributed by atoms with Gasteiger partial charge in [0, 0.05) is 30.1 Å². The molecule has 0 saturated heterocycles. The first-order valence-electron chi connectivity index (χ1n) is 8.01. The van der Waals surface area contributed by atoms with Gasteiger partial charge in [-0.2, -0.15) is 0 Å². The fourth-order valence-electron chi connectivity index (χ4n) is 2.64. The van der Waals surface area contributed by atoms with Crippen LogP contribution in [0.3, 0.4) is 0 Å². The van der Waals surface area contributed by atoms with Crippen molar-refractivity contribution in [2.45, 2.75) is 20.3 Å². The molecule has 0 saturated carbocycles. The van der Waals surface area contributed by atoms with Gasteiger partial charge in [0.2, 0.25) is 0 Å². The zero-order valence-electron chi connectivity index (χ0n) is 14.2. The Morgan fingerprint density at radius 2 is 2.00 bits per heavy atom. The van der Waals surface area contributed by atoms with Crippen LogP contribution >= 0.6 is 0 Å². The molecule has 0 bridgehead atoms. The average Bonchev–Trinajstić information content (AvgIpc) is 2.95. The highest BCUT2D eigenvalue weighted by atomic mass is 16.5. The second-order valence-electron chi connectivity index (χ2n) is 5.80. The maximum Gasteiger partial charge on any atom is 0.149 e. The molecule has 3 N–H and O–H groups in total. The molecule has 0 atom stereocenters. The van der Waals surface area contributed by atoms with Crippen molar-refractivity contribution in [2.24, 2.45) is 4.99 Å². The lowest BCUT2D eigenvalue weighted by Crippen LogP contribution is -1.93. The lowest BCUT2D eigenvalue weighted by molar-refractivity contribution is 0.299. The Balaban J connectivity index is 1.88. The number of pyridine rings is 1. The van der Waals surface area contributed by atoms with E-state index in [0.29, 0.717) is 17.9 Å². The summed E-state index contributed by atoms with van der Waals surface area (Å²) in [5.41, 5.74) is 11.2. The fraction of sp³-hybridized carbons (Fsp3) is 0.211. The van der Waals surface area contributed by atoms with Gasteiger partial charge < -0.3 is 15.4 Å². The molecule has 2 heterocycles. The minimum absolute atomic E-state index is 0.143. The van der Waals surface area contributed by atoms with E-state index in [1.54, 1.807) is 12.4 Å². The van der Waals surface area contributed by atoms with Crippen molar-refractivity contribution in [1.29, 1.82) is 0 Å². The van der Waals surface area contributed by atoms with Gasteiger partial charge in [0.1, 0.15) is 17.3 Å². The van der Waals surface area contributed by atoms with Crippen LogP contribution in [0.1, 0.15) is 22.6 Å². The molecule has 3 aromatic rings. The van der Waals surface area contributed by atoms with Crippen LogP contribution in [0.15, 0.2) is 46.0 Å². The molecule has 128 valence electrons. The van der Waals surface area contributed by atoms with Crippen LogP contribution in [0.25, 0.3) is 11.1 Å². The molecule has 0 radical (unpaired) electrons. The quantitative estimate of drug-likeness (QED) is 0.697. The number of aromatic nitrogens is 2. The van der Waals surface area contributed by atoms with Crippen LogP contribution in [0.5, 0.6) is 0 Å². The smallest absolute Gasteiger partial charge is 0.149 e. The molecule has 0 amide bonds. The molecule has 0 aliphatic carbocycles. The molecular weight excluding hydrogens is 316 g/mol. The number of nitrogens with two attached hydrogens (primary N) is 1. The number of rotatable bonds is 5. The number of benzene rings is 1. The van der Waals surface area contributed by atoms with Crippen LogP contribution in [0.4, 0.5) is 11.5 Å². The van der Waals surface area contributed by atoms with Gasteiger partial charge >= 0.3 is 0 Å². The third kappa shape index (κ3) is 3.75. The van der Waals surface area contributed by atoms with Gasteiger partial charge in [-0.3, -0.25) is 4.99 Å². The first-order valence-corrected chi connectivity index (χ1v) is 8.01. The van der Waals surface area contributed by atoms with Crippen LogP contribution in [0, 0.1) is 13.8 Å². The second kappa shape index (κ2) is 7.27. The van der Waals surface area contributed by atoms with Gasteiger partial charge in [-0.15, -0.1) is 0 Å². The highest BCUT2D eigenvalue weighted by Crippen LogP contribution is 2.31. The summed E-state index contributed by atoms with van der Waals surface area (Å²) in [6.45, 7) is 3.89. The summed E-state index contributed by atoms with van der Waals surface area (Å²) < 4.78 is 5.21. The minimum Gasteiger partial charge on any atom is -0.396 e. The Kier molecular flexibility index (Phi) is 4.90. The maximum absolute atomic E-state index is 8.96. The van der Waals surface area contributed by atoms with Crippen LogP contribution in [-0.4, -0.2) is 28.1 Å². The number of aliphatic hydroxyl groups is 1. The zero-order chi connectivity index (χ0) is 17.8. The molecule has 0 aliphatic rings. The summed E-state index contributed by atoms with van der Waals surface area (Å²) in [4.78, 5) is 8.70. The summed E-state index contributed by atoms with van der Waals surface area (Å²) in [6, 6.07) is 9.73. The maximum atomic E-state index is 8.96. The number of aryl methyl sites for hydroxylation is 2. The minimum atomic E-state index is 0.143. The first kappa shape index (κ1) is 16.9. The lowest BCUT2D eigenvalue weighted by atomic mass is 10.1. The van der Waals surface area contributed by atoms with E-state index in [2.05, 4.69) is 15.1 Å². The van der Waals surface area contributed by atoms with Crippen LogP contribution < -0.4 is 5.73 Å². The van der Waals surface area contributed by atoms with Crippen molar-refractivity contribution in [2.75, 3.05) is 12.3 Å². The van der Waals surface area contributed by atoms with Gasteiger partial charge in [-0.05, 0) is 37.5 Å². The van der Waals surface area contributed by atoms with Gasteiger partial charge in [0.15, 0.2) is 0 Å². The Labute approximate surface area is 146 Å². The van der Waals surface area contributed by atoms with Crippen LogP contribution in [0.2, 0.25) is 0 Å². The standard InChI is InChI=1S/C19H20N4O2/c1-12-18(13(2)25-23-12)16-9-17(19(20)22-11-16)21-10-15-5-3-14(4-6-15)7-8-24/h3-6,9-11,24H,7-8H2,1-2H3,(H2,20,22)/b21-10+. The summed E-state index contributed by atoms with van der Waals surface area (Å²) in [7, 11) is 0. The van der Waals surface area contributed by atoms with E-state index in [-0.39, 0.29) is 6.61 Å². The van der Waals surface area contributed by atoms with E-state index in [0.717, 1.165) is 33.7 Å². The molecule has 2 aromatic heterocycles. The molecule has 0 unspecified atom stereocenters. The third-order valence-electron chi connectivity index (χ3n) is 3.95. The zero-order valence-corrected chi connectivity index (χ0v) is 14.2. The Morgan fingerprint density at radius 1 is 1.24 bits per heavy atom. The van der Waals surface area contributed by atoms with E-state index in [4.69, 9.17) is 15.4 Å². The van der Waals surface area contributed by atoms with Gasteiger partial charge in [-0.1, -0.05) is 29.4 Å². The molecule has 6 heteroatoms. The average molecular weight is 336 g/mol. The van der Waals surface area contributed by atoms with Gasteiger partial charge in [-0.25, -0.2) is 4.98 Å². The molecule has 0 fully saturated rings. The highest BCUT2D eigenvalue weighted by Gasteiger charge is 2.13. The Bertz CT molecular complexity index is 879. The van der Waals surface area contributed by atoms with Crippen molar-refractivity contribution in [3.8, 4) is 11.1 Å². The largest absolute Gasteiger partial charge is 0.396 e. The first-order chi connectivity index (χ1) is 12.1. The monoisotopic (exact) mass is 336 g/mol.